The average molecular weight is 235 g/mol. The van der Waals surface area contributed by atoms with E-state index in [1.807, 2.05) is 12.1 Å². The smallest absolute Gasteiger partial charge is 0.221 e. The van der Waals surface area contributed by atoms with E-state index in [0.717, 1.165) is 36.1 Å². The molecule has 0 unspecified atom stereocenters. The Labute approximate surface area is 101 Å². The van der Waals surface area contributed by atoms with Crippen LogP contribution in [0.3, 0.4) is 0 Å². The van der Waals surface area contributed by atoms with Gasteiger partial charge in [0.1, 0.15) is 12.0 Å². The molecule has 92 valence electrons. The Kier molecular flexibility index (Phi) is 5.20. The van der Waals surface area contributed by atoms with Crippen molar-refractivity contribution in [1.82, 2.24) is 0 Å². The van der Waals surface area contributed by atoms with Crippen LogP contribution < -0.4 is 10.1 Å². The summed E-state index contributed by atoms with van der Waals surface area (Å²) >= 11 is 0. The highest BCUT2D eigenvalue weighted by Crippen LogP contribution is 2.24. The molecule has 1 rings (SSSR count). The molecule has 0 aliphatic carbocycles. The summed E-state index contributed by atoms with van der Waals surface area (Å²) in [5, 5.41) is 2.72. The molecule has 0 saturated heterocycles. The molecule has 0 heterocycles. The highest BCUT2D eigenvalue weighted by Gasteiger charge is 2.05. The van der Waals surface area contributed by atoms with Gasteiger partial charge in [-0.3, -0.25) is 4.79 Å². The molecule has 1 N–H and O–H groups in total. The number of hydrogen-bond donors (Lipinski definition) is 1. The Morgan fingerprint density at radius 1 is 1.47 bits per heavy atom. The largest absolute Gasteiger partial charge is 0.496 e. The number of benzene rings is 1. The van der Waals surface area contributed by atoms with Crippen LogP contribution in [0.15, 0.2) is 18.2 Å². The fourth-order valence-corrected chi connectivity index (χ4v) is 1.63. The van der Waals surface area contributed by atoms with Crippen molar-refractivity contribution < 1.29 is 14.3 Å². The van der Waals surface area contributed by atoms with Gasteiger partial charge >= 0.3 is 0 Å². The summed E-state index contributed by atoms with van der Waals surface area (Å²) in [4.78, 5) is 21.2. The zero-order valence-corrected chi connectivity index (χ0v) is 10.2. The first-order chi connectivity index (χ1) is 8.17. The molecule has 4 heteroatoms. The van der Waals surface area contributed by atoms with Gasteiger partial charge in [-0.1, -0.05) is 0 Å². The zero-order valence-electron chi connectivity index (χ0n) is 10.2. The fraction of sp³-hybridized carbons (Fsp3) is 0.385. The quantitative estimate of drug-likeness (QED) is 0.607. The van der Waals surface area contributed by atoms with Crippen LogP contribution in [-0.2, 0) is 16.0 Å². The van der Waals surface area contributed by atoms with E-state index in [1.54, 1.807) is 13.2 Å². The molecule has 1 aromatic carbocycles. The third kappa shape index (κ3) is 4.26. The SMILES string of the molecule is COc1ccc(NC(C)=O)cc1CCCC=O. The second-order valence-electron chi connectivity index (χ2n) is 3.77. The summed E-state index contributed by atoms with van der Waals surface area (Å²) in [6, 6.07) is 5.50. The Hall–Kier alpha value is -1.84. The van der Waals surface area contributed by atoms with Gasteiger partial charge in [0, 0.05) is 19.0 Å². The maximum Gasteiger partial charge on any atom is 0.221 e. The molecule has 0 atom stereocenters. The first-order valence-corrected chi connectivity index (χ1v) is 5.55. The van der Waals surface area contributed by atoms with E-state index >= 15 is 0 Å². The van der Waals surface area contributed by atoms with Crippen LogP contribution in [0, 0.1) is 0 Å². The number of amides is 1. The third-order valence-corrected chi connectivity index (χ3v) is 2.37. The van der Waals surface area contributed by atoms with Gasteiger partial charge in [-0.25, -0.2) is 0 Å². The molecule has 4 nitrogen and oxygen atoms in total. The number of ether oxygens (including phenoxy) is 1. The van der Waals surface area contributed by atoms with Crippen LogP contribution >= 0.6 is 0 Å². The maximum atomic E-state index is 11.0. The summed E-state index contributed by atoms with van der Waals surface area (Å²) in [6.07, 6.45) is 2.98. The lowest BCUT2D eigenvalue weighted by molar-refractivity contribution is -0.114. The van der Waals surface area contributed by atoms with Crippen LogP contribution in [0.25, 0.3) is 0 Å². The van der Waals surface area contributed by atoms with E-state index in [1.165, 1.54) is 6.92 Å². The summed E-state index contributed by atoms with van der Waals surface area (Å²) in [6.45, 7) is 1.47. The molecular weight excluding hydrogens is 218 g/mol. The van der Waals surface area contributed by atoms with E-state index in [4.69, 9.17) is 4.74 Å². The lowest BCUT2D eigenvalue weighted by atomic mass is 10.1. The molecule has 0 aromatic heterocycles. The number of rotatable bonds is 6. The van der Waals surface area contributed by atoms with Crippen LogP contribution in [0.4, 0.5) is 5.69 Å². The van der Waals surface area contributed by atoms with Gasteiger partial charge in [-0.05, 0) is 36.6 Å². The summed E-state index contributed by atoms with van der Waals surface area (Å²) in [5.74, 6) is 0.680. The van der Waals surface area contributed by atoms with E-state index < -0.39 is 0 Å². The van der Waals surface area contributed by atoms with E-state index in [0.29, 0.717) is 6.42 Å². The monoisotopic (exact) mass is 235 g/mol. The van der Waals surface area contributed by atoms with Gasteiger partial charge < -0.3 is 14.8 Å². The van der Waals surface area contributed by atoms with Gasteiger partial charge in [-0.15, -0.1) is 0 Å². The van der Waals surface area contributed by atoms with Crippen molar-refractivity contribution >= 4 is 17.9 Å². The molecule has 0 spiro atoms. The van der Waals surface area contributed by atoms with Crippen LogP contribution in [0.5, 0.6) is 5.75 Å². The van der Waals surface area contributed by atoms with E-state index in [-0.39, 0.29) is 5.91 Å². The topological polar surface area (TPSA) is 55.4 Å². The summed E-state index contributed by atoms with van der Waals surface area (Å²) < 4.78 is 5.23. The number of methoxy groups -OCH3 is 1. The molecule has 0 saturated carbocycles. The second kappa shape index (κ2) is 6.68. The molecular formula is C13H17NO3. The van der Waals surface area contributed by atoms with Crippen molar-refractivity contribution in [1.29, 1.82) is 0 Å². The first kappa shape index (κ1) is 13.2. The second-order valence-corrected chi connectivity index (χ2v) is 3.77. The number of carbonyl (C=O) groups excluding carboxylic acids is 2. The number of hydrogen-bond acceptors (Lipinski definition) is 3. The van der Waals surface area contributed by atoms with Gasteiger partial charge in [0.05, 0.1) is 7.11 Å². The number of aldehydes is 1. The Morgan fingerprint density at radius 3 is 2.82 bits per heavy atom. The number of nitrogens with one attached hydrogen (secondary N) is 1. The average Bonchev–Trinajstić information content (AvgIpc) is 2.29. The first-order valence-electron chi connectivity index (χ1n) is 5.55. The zero-order chi connectivity index (χ0) is 12.7. The molecule has 0 bridgehead atoms. The molecule has 0 aliphatic heterocycles. The number of unbranched alkanes of at least 4 members (excludes halogenated alkanes) is 1. The van der Waals surface area contributed by atoms with E-state index in [9.17, 15) is 9.59 Å². The molecule has 1 aromatic rings. The van der Waals surface area contributed by atoms with E-state index in [2.05, 4.69) is 5.32 Å². The van der Waals surface area contributed by atoms with Gasteiger partial charge in [-0.2, -0.15) is 0 Å². The Bertz CT molecular complexity index is 402. The normalized spacial score (nSPS) is 9.76. The molecule has 0 radical (unpaired) electrons. The number of anilines is 1. The Morgan fingerprint density at radius 2 is 2.24 bits per heavy atom. The van der Waals surface area contributed by atoms with Crippen molar-refractivity contribution in [3.05, 3.63) is 23.8 Å². The number of carbonyl (C=O) groups is 2. The minimum atomic E-state index is -0.103. The van der Waals surface area contributed by atoms with Crippen molar-refractivity contribution in [2.24, 2.45) is 0 Å². The number of aryl methyl sites for hydroxylation is 1. The molecule has 17 heavy (non-hydrogen) atoms. The van der Waals surface area contributed by atoms with Crippen molar-refractivity contribution in [2.45, 2.75) is 26.2 Å². The summed E-state index contributed by atoms with van der Waals surface area (Å²) in [7, 11) is 1.61. The third-order valence-electron chi connectivity index (χ3n) is 2.37. The van der Waals surface area contributed by atoms with Gasteiger partial charge in [0.25, 0.3) is 0 Å². The van der Waals surface area contributed by atoms with Crippen LogP contribution in [0.1, 0.15) is 25.3 Å². The fourth-order valence-electron chi connectivity index (χ4n) is 1.63. The highest BCUT2D eigenvalue weighted by atomic mass is 16.5. The predicted molar refractivity (Wildman–Crippen MR) is 66.3 cm³/mol. The predicted octanol–water partition coefficient (Wildman–Crippen LogP) is 2.18. The van der Waals surface area contributed by atoms with Crippen LogP contribution in [-0.4, -0.2) is 19.3 Å². The van der Waals surface area contributed by atoms with Crippen molar-refractivity contribution in [2.75, 3.05) is 12.4 Å². The van der Waals surface area contributed by atoms with Gasteiger partial charge in [0.2, 0.25) is 5.91 Å². The molecule has 1 amide bonds. The molecule has 0 aliphatic rings. The van der Waals surface area contributed by atoms with Gasteiger partial charge in [0.15, 0.2) is 0 Å². The van der Waals surface area contributed by atoms with Crippen molar-refractivity contribution in [3.63, 3.8) is 0 Å². The lowest BCUT2D eigenvalue weighted by Crippen LogP contribution is -2.06. The maximum absolute atomic E-state index is 11.0. The minimum absolute atomic E-state index is 0.103. The summed E-state index contributed by atoms with van der Waals surface area (Å²) in [5.41, 5.74) is 1.75. The Balaban J connectivity index is 2.81. The highest BCUT2D eigenvalue weighted by molar-refractivity contribution is 5.88. The standard InChI is InChI=1S/C13H17NO3/c1-10(16)14-12-6-7-13(17-2)11(9-12)5-3-4-8-15/h6-9H,3-5H2,1-2H3,(H,14,16). The lowest BCUT2D eigenvalue weighted by Gasteiger charge is -2.10. The van der Waals surface area contributed by atoms with Crippen molar-refractivity contribution in [3.8, 4) is 5.75 Å². The van der Waals surface area contributed by atoms with Crippen LogP contribution in [0.2, 0.25) is 0 Å². The minimum Gasteiger partial charge on any atom is -0.496 e. The molecule has 0 fully saturated rings.